The maximum absolute atomic E-state index is 5.81. The van der Waals surface area contributed by atoms with Crippen molar-refractivity contribution in [3.8, 4) is 0 Å². The van der Waals surface area contributed by atoms with Gasteiger partial charge in [-0.25, -0.2) is 0 Å². The minimum Gasteiger partial charge on any atom is -0.328 e. The molecule has 0 aliphatic heterocycles. The van der Waals surface area contributed by atoms with Gasteiger partial charge in [-0.1, -0.05) is 20.3 Å². The van der Waals surface area contributed by atoms with Crippen LogP contribution in [0.15, 0.2) is 0 Å². The van der Waals surface area contributed by atoms with Gasteiger partial charge in [-0.15, -0.1) is 0 Å². The van der Waals surface area contributed by atoms with Gasteiger partial charge in [-0.05, 0) is 42.9 Å². The molecule has 70 valence electrons. The van der Waals surface area contributed by atoms with Crippen molar-refractivity contribution in [2.75, 3.05) is 0 Å². The Morgan fingerprint density at radius 1 is 1.33 bits per heavy atom. The second kappa shape index (κ2) is 2.73. The molecule has 2 aliphatic rings. The van der Waals surface area contributed by atoms with Crippen LogP contribution < -0.4 is 5.73 Å². The average Bonchev–Trinajstić information content (AvgIpc) is 1.93. The Kier molecular flexibility index (Phi) is 1.95. The molecule has 0 spiro atoms. The smallest absolute Gasteiger partial charge is 0.00443 e. The Labute approximate surface area is 75.7 Å². The van der Waals surface area contributed by atoms with E-state index in [1.807, 2.05) is 0 Å². The molecule has 2 aliphatic carbocycles. The van der Waals surface area contributed by atoms with Crippen LogP contribution in [0.3, 0.4) is 0 Å². The first-order chi connectivity index (χ1) is 5.62. The fraction of sp³-hybridized carbons (Fsp3) is 1.00. The van der Waals surface area contributed by atoms with Gasteiger partial charge in [-0.2, -0.15) is 0 Å². The molecule has 0 aromatic carbocycles. The topological polar surface area (TPSA) is 26.0 Å². The van der Waals surface area contributed by atoms with Crippen LogP contribution in [0.25, 0.3) is 0 Å². The van der Waals surface area contributed by atoms with Crippen molar-refractivity contribution in [2.45, 2.75) is 52.0 Å². The van der Waals surface area contributed by atoms with Crippen molar-refractivity contribution < 1.29 is 0 Å². The molecule has 0 aromatic heterocycles. The zero-order valence-corrected chi connectivity index (χ0v) is 8.34. The van der Waals surface area contributed by atoms with Gasteiger partial charge in [0.25, 0.3) is 0 Å². The van der Waals surface area contributed by atoms with Gasteiger partial charge in [-0.3, -0.25) is 0 Å². The fourth-order valence-corrected chi connectivity index (χ4v) is 2.88. The summed E-state index contributed by atoms with van der Waals surface area (Å²) >= 11 is 0. The van der Waals surface area contributed by atoms with Gasteiger partial charge >= 0.3 is 0 Å². The first kappa shape index (κ1) is 8.55. The van der Waals surface area contributed by atoms with Crippen LogP contribution in [0, 0.1) is 17.3 Å². The largest absolute Gasteiger partial charge is 0.328 e. The van der Waals surface area contributed by atoms with E-state index < -0.39 is 0 Å². The summed E-state index contributed by atoms with van der Waals surface area (Å²) in [5.74, 6) is 1.87. The highest BCUT2D eigenvalue weighted by Gasteiger charge is 2.43. The highest BCUT2D eigenvalue weighted by molar-refractivity contribution is 4.95. The molecular weight excluding hydrogens is 146 g/mol. The summed E-state index contributed by atoms with van der Waals surface area (Å²) in [5, 5.41) is 0. The van der Waals surface area contributed by atoms with E-state index in [9.17, 15) is 0 Å². The lowest BCUT2D eigenvalue weighted by atomic mass is 9.56. The minimum atomic E-state index is 0.529. The molecular formula is C11H21N. The highest BCUT2D eigenvalue weighted by Crippen LogP contribution is 2.52. The van der Waals surface area contributed by atoms with Crippen LogP contribution >= 0.6 is 0 Å². The molecule has 2 N–H and O–H groups in total. The summed E-state index contributed by atoms with van der Waals surface area (Å²) in [6.07, 6.45) is 6.95. The molecule has 0 saturated heterocycles. The predicted molar refractivity (Wildman–Crippen MR) is 51.8 cm³/mol. The van der Waals surface area contributed by atoms with Crippen LogP contribution in [-0.2, 0) is 0 Å². The molecule has 1 heteroatoms. The molecule has 0 aromatic rings. The van der Waals surface area contributed by atoms with Crippen molar-refractivity contribution in [2.24, 2.45) is 23.0 Å². The summed E-state index contributed by atoms with van der Waals surface area (Å²) in [4.78, 5) is 0. The van der Waals surface area contributed by atoms with E-state index in [-0.39, 0.29) is 0 Å². The molecule has 0 bridgehead atoms. The van der Waals surface area contributed by atoms with Crippen LogP contribution in [0.4, 0.5) is 0 Å². The quantitative estimate of drug-likeness (QED) is 0.672. The molecule has 2 fully saturated rings. The van der Waals surface area contributed by atoms with Crippen LogP contribution in [0.2, 0.25) is 0 Å². The average molecular weight is 167 g/mol. The molecule has 0 amide bonds. The first-order valence-corrected chi connectivity index (χ1v) is 5.37. The number of hydrogen-bond donors (Lipinski definition) is 1. The third-order valence-electron chi connectivity index (χ3n) is 4.51. The number of rotatable bonds is 2. The third-order valence-corrected chi connectivity index (χ3v) is 4.51. The monoisotopic (exact) mass is 167 g/mol. The Balaban J connectivity index is 1.87. The van der Waals surface area contributed by atoms with Crippen molar-refractivity contribution in [1.82, 2.24) is 0 Å². The fourth-order valence-electron chi connectivity index (χ4n) is 2.88. The van der Waals surface area contributed by atoms with Crippen molar-refractivity contribution in [3.63, 3.8) is 0 Å². The van der Waals surface area contributed by atoms with Crippen molar-refractivity contribution >= 4 is 0 Å². The second-order valence-corrected chi connectivity index (χ2v) is 5.29. The van der Waals surface area contributed by atoms with Gasteiger partial charge in [0, 0.05) is 6.04 Å². The lowest BCUT2D eigenvalue weighted by molar-refractivity contribution is 0.00897. The summed E-state index contributed by atoms with van der Waals surface area (Å²) in [6.45, 7) is 4.90. The Bertz CT molecular complexity index is 166. The molecule has 2 rings (SSSR count). The summed E-state index contributed by atoms with van der Waals surface area (Å²) < 4.78 is 0. The SMILES string of the molecule is CC(C1CC(N)C1)C1(C)CCC1. The van der Waals surface area contributed by atoms with Crippen LogP contribution in [0.1, 0.15) is 46.0 Å². The zero-order chi connectivity index (χ0) is 8.77. The zero-order valence-electron chi connectivity index (χ0n) is 8.34. The van der Waals surface area contributed by atoms with Gasteiger partial charge in [0.05, 0.1) is 0 Å². The molecule has 1 unspecified atom stereocenters. The van der Waals surface area contributed by atoms with E-state index in [4.69, 9.17) is 5.73 Å². The molecule has 0 radical (unpaired) electrons. The maximum Gasteiger partial charge on any atom is 0.00443 e. The Morgan fingerprint density at radius 3 is 2.25 bits per heavy atom. The lowest BCUT2D eigenvalue weighted by Crippen LogP contribution is -2.46. The lowest BCUT2D eigenvalue weighted by Gasteiger charge is -2.50. The molecule has 12 heavy (non-hydrogen) atoms. The maximum atomic E-state index is 5.81. The van der Waals surface area contributed by atoms with E-state index in [1.54, 1.807) is 0 Å². The first-order valence-electron chi connectivity index (χ1n) is 5.37. The van der Waals surface area contributed by atoms with Gasteiger partial charge in [0.2, 0.25) is 0 Å². The summed E-state index contributed by atoms with van der Waals surface area (Å²) in [5.41, 5.74) is 6.49. The van der Waals surface area contributed by atoms with E-state index in [0.717, 1.165) is 11.8 Å². The van der Waals surface area contributed by atoms with Crippen LogP contribution in [0.5, 0.6) is 0 Å². The molecule has 2 saturated carbocycles. The standard InChI is InChI=1S/C11H21N/c1-8(9-6-10(12)7-9)11(2)4-3-5-11/h8-10H,3-7,12H2,1-2H3. The predicted octanol–water partition coefficient (Wildman–Crippen LogP) is 2.55. The summed E-state index contributed by atoms with van der Waals surface area (Å²) in [6, 6.07) is 0.529. The van der Waals surface area contributed by atoms with Gasteiger partial charge in [0.15, 0.2) is 0 Å². The Morgan fingerprint density at radius 2 is 1.92 bits per heavy atom. The second-order valence-electron chi connectivity index (χ2n) is 5.29. The number of hydrogen-bond acceptors (Lipinski definition) is 1. The molecule has 1 nitrogen and oxygen atoms in total. The Hall–Kier alpha value is -0.0400. The summed E-state index contributed by atoms with van der Waals surface area (Å²) in [7, 11) is 0. The number of nitrogens with two attached hydrogens (primary N) is 1. The molecule has 1 atom stereocenters. The molecule has 0 heterocycles. The van der Waals surface area contributed by atoms with Crippen molar-refractivity contribution in [3.05, 3.63) is 0 Å². The highest BCUT2D eigenvalue weighted by atomic mass is 14.7. The van der Waals surface area contributed by atoms with Crippen molar-refractivity contribution in [1.29, 1.82) is 0 Å². The van der Waals surface area contributed by atoms with E-state index in [0.29, 0.717) is 11.5 Å². The van der Waals surface area contributed by atoms with Gasteiger partial charge in [0.1, 0.15) is 0 Å². The van der Waals surface area contributed by atoms with E-state index in [1.165, 1.54) is 32.1 Å². The third kappa shape index (κ3) is 1.19. The minimum absolute atomic E-state index is 0.529. The van der Waals surface area contributed by atoms with E-state index >= 15 is 0 Å². The van der Waals surface area contributed by atoms with E-state index in [2.05, 4.69) is 13.8 Å². The normalized spacial score (nSPS) is 41.2. The van der Waals surface area contributed by atoms with Crippen LogP contribution in [-0.4, -0.2) is 6.04 Å². The van der Waals surface area contributed by atoms with Gasteiger partial charge < -0.3 is 5.73 Å².